The van der Waals surface area contributed by atoms with Gasteiger partial charge in [-0.05, 0) is 30.4 Å². The molecule has 1 aliphatic carbocycles. The number of rotatable bonds is 5. The molecule has 1 aromatic heterocycles. The zero-order valence-electron chi connectivity index (χ0n) is 16.6. The molecule has 0 amide bonds. The van der Waals surface area contributed by atoms with Crippen LogP contribution in [0.25, 0.3) is 0 Å². The molecular weight excluding hydrogens is 392 g/mol. The molecule has 0 bridgehead atoms. The minimum atomic E-state index is -0.525. The second kappa shape index (κ2) is 8.69. The molecule has 7 nitrogen and oxygen atoms in total. The summed E-state index contributed by atoms with van der Waals surface area (Å²) in [6.07, 6.45) is 1.85. The molecule has 8 heteroatoms. The average Bonchev–Trinajstić information content (AvgIpc) is 3.16. The number of allylic oxidation sites excluding steroid dienone is 2. The highest BCUT2D eigenvalue weighted by Gasteiger charge is 2.41. The maximum absolute atomic E-state index is 12.8. The maximum atomic E-state index is 12.8. The van der Waals surface area contributed by atoms with Gasteiger partial charge in [0.1, 0.15) is 11.3 Å². The van der Waals surface area contributed by atoms with Crippen LogP contribution in [-0.2, 0) is 30.3 Å². The molecule has 0 saturated carbocycles. The fourth-order valence-corrected chi connectivity index (χ4v) is 5.12. The van der Waals surface area contributed by atoms with Gasteiger partial charge in [-0.2, -0.15) is 0 Å². The summed E-state index contributed by atoms with van der Waals surface area (Å²) in [5, 5.41) is 2.09. The minimum absolute atomic E-state index is 0.0219. The number of thiophene rings is 1. The Labute approximate surface area is 174 Å². The van der Waals surface area contributed by atoms with Gasteiger partial charge >= 0.3 is 5.97 Å². The summed E-state index contributed by atoms with van der Waals surface area (Å²) < 4.78 is 16.4. The monoisotopic (exact) mass is 418 g/mol. The third-order valence-electron chi connectivity index (χ3n) is 5.45. The van der Waals surface area contributed by atoms with Crippen molar-refractivity contribution in [1.82, 2.24) is 4.90 Å². The molecule has 0 spiro atoms. The molecule has 2 aliphatic heterocycles. The van der Waals surface area contributed by atoms with Crippen LogP contribution in [0.15, 0.2) is 34.2 Å². The van der Waals surface area contributed by atoms with Crippen molar-refractivity contribution in [2.45, 2.75) is 38.6 Å². The number of carbonyl (C=O) groups is 2. The molecule has 156 valence electrons. The number of ether oxygens (including phenoxy) is 3. The average molecular weight is 419 g/mol. The summed E-state index contributed by atoms with van der Waals surface area (Å²) in [7, 11) is 0. The molecule has 1 aromatic rings. The number of nitrogens with zero attached hydrogens (tertiary/aromatic N) is 1. The molecule has 0 aromatic carbocycles. The lowest BCUT2D eigenvalue weighted by Crippen LogP contribution is -2.35. The normalized spacial score (nSPS) is 23.1. The van der Waals surface area contributed by atoms with Crippen LogP contribution in [0.1, 0.15) is 42.5 Å². The van der Waals surface area contributed by atoms with Gasteiger partial charge in [-0.15, -0.1) is 11.3 Å². The first-order valence-electron chi connectivity index (χ1n) is 10.1. The molecule has 1 atom stereocenters. The van der Waals surface area contributed by atoms with Gasteiger partial charge in [0.05, 0.1) is 25.7 Å². The Kier molecular flexibility index (Phi) is 6.03. The lowest BCUT2D eigenvalue weighted by atomic mass is 9.80. The van der Waals surface area contributed by atoms with E-state index in [1.807, 2.05) is 0 Å². The van der Waals surface area contributed by atoms with Crippen LogP contribution in [-0.4, -0.2) is 49.6 Å². The Morgan fingerprint density at radius 3 is 2.90 bits per heavy atom. The fraction of sp³-hybridized carbons (Fsp3) is 0.524. The molecule has 1 saturated heterocycles. The largest absolute Gasteiger partial charge is 0.462 e. The standard InChI is InChI=1S/C21H26N2O5S/c1-2-27-21(25)19-18(17-14(24)4-3-5-15(17)28-20(19)22)16-10-13(12-29-16)11-23-6-8-26-9-7-23/h10,12,18H,2-9,11,22H2,1H3. The van der Waals surface area contributed by atoms with Crippen molar-refractivity contribution in [3.05, 3.63) is 44.7 Å². The van der Waals surface area contributed by atoms with E-state index in [0.717, 1.165) is 49.7 Å². The van der Waals surface area contributed by atoms with Crippen molar-refractivity contribution in [2.75, 3.05) is 32.9 Å². The molecule has 1 unspecified atom stereocenters. The first-order valence-corrected chi connectivity index (χ1v) is 10.9. The van der Waals surface area contributed by atoms with E-state index < -0.39 is 11.9 Å². The number of Topliss-reactive ketones (excluding diaryl/α,β-unsaturated/α-hetero) is 1. The first kappa shape index (κ1) is 20.1. The second-order valence-electron chi connectivity index (χ2n) is 7.39. The van der Waals surface area contributed by atoms with Crippen molar-refractivity contribution in [2.24, 2.45) is 5.73 Å². The van der Waals surface area contributed by atoms with Crippen LogP contribution in [0, 0.1) is 0 Å². The van der Waals surface area contributed by atoms with Crippen molar-refractivity contribution in [3.8, 4) is 0 Å². The summed E-state index contributed by atoms with van der Waals surface area (Å²) in [4.78, 5) is 28.8. The Balaban J connectivity index is 1.68. The quantitative estimate of drug-likeness (QED) is 0.735. The van der Waals surface area contributed by atoms with E-state index in [2.05, 4.69) is 16.3 Å². The van der Waals surface area contributed by atoms with Crippen LogP contribution in [0.3, 0.4) is 0 Å². The first-order chi connectivity index (χ1) is 14.1. The van der Waals surface area contributed by atoms with Crippen LogP contribution >= 0.6 is 11.3 Å². The second-order valence-corrected chi connectivity index (χ2v) is 8.34. The Morgan fingerprint density at radius 2 is 2.14 bits per heavy atom. The summed E-state index contributed by atoms with van der Waals surface area (Å²) in [5.74, 6) is -0.379. The van der Waals surface area contributed by atoms with Gasteiger partial charge in [-0.25, -0.2) is 4.79 Å². The van der Waals surface area contributed by atoms with Gasteiger partial charge in [0.2, 0.25) is 5.88 Å². The third kappa shape index (κ3) is 4.10. The van der Waals surface area contributed by atoms with Crippen LogP contribution < -0.4 is 5.73 Å². The van der Waals surface area contributed by atoms with Crippen LogP contribution in [0.4, 0.5) is 0 Å². The van der Waals surface area contributed by atoms with E-state index >= 15 is 0 Å². The van der Waals surface area contributed by atoms with E-state index in [1.54, 1.807) is 18.3 Å². The van der Waals surface area contributed by atoms with Gasteiger partial charge in [0.15, 0.2) is 5.78 Å². The van der Waals surface area contributed by atoms with Gasteiger partial charge in [-0.1, -0.05) is 0 Å². The Morgan fingerprint density at radius 1 is 1.34 bits per heavy atom. The fourth-order valence-electron chi connectivity index (χ4n) is 4.09. The van der Waals surface area contributed by atoms with Crippen LogP contribution in [0.5, 0.6) is 0 Å². The number of nitrogens with two attached hydrogens (primary N) is 1. The lowest BCUT2D eigenvalue weighted by Gasteiger charge is -2.31. The molecule has 0 radical (unpaired) electrons. The zero-order valence-corrected chi connectivity index (χ0v) is 17.4. The maximum Gasteiger partial charge on any atom is 0.340 e. The number of esters is 1. The van der Waals surface area contributed by atoms with E-state index in [-0.39, 0.29) is 23.8 Å². The summed E-state index contributed by atoms with van der Waals surface area (Å²) in [6.45, 7) is 6.08. The van der Waals surface area contributed by atoms with Crippen molar-refractivity contribution in [3.63, 3.8) is 0 Å². The van der Waals surface area contributed by atoms with Crippen molar-refractivity contribution in [1.29, 1.82) is 0 Å². The third-order valence-corrected chi connectivity index (χ3v) is 6.49. The molecule has 2 N–H and O–H groups in total. The van der Waals surface area contributed by atoms with E-state index in [9.17, 15) is 9.59 Å². The molecule has 4 rings (SSSR count). The van der Waals surface area contributed by atoms with E-state index in [1.165, 1.54) is 0 Å². The molecule has 3 aliphatic rings. The smallest absolute Gasteiger partial charge is 0.340 e. The predicted octanol–water partition coefficient (Wildman–Crippen LogP) is 2.43. The summed E-state index contributed by atoms with van der Waals surface area (Å²) in [5.41, 5.74) is 8.10. The van der Waals surface area contributed by atoms with Crippen LogP contribution in [0.2, 0.25) is 0 Å². The number of hydrogen-bond donors (Lipinski definition) is 1. The highest BCUT2D eigenvalue weighted by molar-refractivity contribution is 7.10. The summed E-state index contributed by atoms with van der Waals surface area (Å²) in [6, 6.07) is 2.08. The van der Waals surface area contributed by atoms with Gasteiger partial charge < -0.3 is 19.9 Å². The number of carbonyl (C=O) groups excluding carboxylic acids is 2. The van der Waals surface area contributed by atoms with E-state index in [0.29, 0.717) is 24.2 Å². The number of morpholine rings is 1. The van der Waals surface area contributed by atoms with Gasteiger partial charge in [0.25, 0.3) is 0 Å². The van der Waals surface area contributed by atoms with E-state index in [4.69, 9.17) is 19.9 Å². The molecular formula is C21H26N2O5S. The Hall–Kier alpha value is -2.16. The predicted molar refractivity (Wildman–Crippen MR) is 108 cm³/mol. The highest BCUT2D eigenvalue weighted by Crippen LogP contribution is 2.45. The van der Waals surface area contributed by atoms with Gasteiger partial charge in [-0.3, -0.25) is 9.69 Å². The zero-order chi connectivity index (χ0) is 20.4. The minimum Gasteiger partial charge on any atom is -0.462 e. The van der Waals surface area contributed by atoms with Crippen molar-refractivity contribution < 1.29 is 23.8 Å². The number of ketones is 1. The molecule has 1 fully saturated rings. The molecule has 29 heavy (non-hydrogen) atoms. The van der Waals surface area contributed by atoms with Gasteiger partial charge in [0, 0.05) is 42.9 Å². The van der Waals surface area contributed by atoms with Crippen molar-refractivity contribution >= 4 is 23.1 Å². The topological polar surface area (TPSA) is 91.1 Å². The lowest BCUT2D eigenvalue weighted by molar-refractivity contribution is -0.139. The highest BCUT2D eigenvalue weighted by atomic mass is 32.1. The summed E-state index contributed by atoms with van der Waals surface area (Å²) >= 11 is 1.55. The number of hydrogen-bond acceptors (Lipinski definition) is 8. The Bertz CT molecular complexity index is 866. The molecule has 3 heterocycles. The SMILES string of the molecule is CCOC(=O)C1=C(N)OC2=C(C(=O)CCC2)C1c1cc(CN2CCOCC2)cs1.